The highest BCUT2D eigenvalue weighted by Crippen LogP contribution is 2.19. The van der Waals surface area contributed by atoms with E-state index in [0.717, 1.165) is 35.9 Å². The van der Waals surface area contributed by atoms with Crippen LogP contribution >= 0.6 is 0 Å². The number of imidazole rings is 1. The minimum atomic E-state index is 0.241. The number of carbonyl (C=O) groups excluding carboxylic acids is 1. The van der Waals surface area contributed by atoms with Crippen molar-refractivity contribution in [1.82, 2.24) is 9.55 Å². The first-order valence-corrected chi connectivity index (χ1v) is 6.97. The molecule has 3 nitrogen and oxygen atoms in total. The molecule has 1 heterocycles. The number of rotatable bonds is 3. The van der Waals surface area contributed by atoms with E-state index in [-0.39, 0.29) is 5.78 Å². The van der Waals surface area contributed by atoms with Crippen molar-refractivity contribution in [3.05, 3.63) is 42.2 Å². The fourth-order valence-corrected chi connectivity index (χ4v) is 2.66. The highest BCUT2D eigenvalue weighted by Gasteiger charge is 2.13. The number of para-hydroxylation sites is 2. The van der Waals surface area contributed by atoms with Crippen LogP contribution in [0.3, 0.4) is 0 Å². The molecule has 0 radical (unpaired) electrons. The summed E-state index contributed by atoms with van der Waals surface area (Å²) in [6, 6.07) is 7.93. The maximum atomic E-state index is 12.3. The predicted octanol–water partition coefficient (Wildman–Crippen LogP) is 3.50. The number of ketones is 1. The first-order chi connectivity index (χ1) is 9.34. The van der Waals surface area contributed by atoms with E-state index < -0.39 is 0 Å². The van der Waals surface area contributed by atoms with Crippen LogP contribution in [0, 0.1) is 0 Å². The largest absolute Gasteiger partial charge is 0.323 e. The number of benzene rings is 1. The summed E-state index contributed by atoms with van der Waals surface area (Å²) in [5.74, 6) is 0.241. The maximum absolute atomic E-state index is 12.3. The zero-order valence-electron chi connectivity index (χ0n) is 11.0. The maximum Gasteiger partial charge on any atom is 0.178 e. The van der Waals surface area contributed by atoms with E-state index in [2.05, 4.69) is 11.1 Å². The smallest absolute Gasteiger partial charge is 0.178 e. The SMILES string of the molecule is O=C(Cn1cnc2ccccc21)C1=CCCCCC1. The van der Waals surface area contributed by atoms with Crippen molar-refractivity contribution in [2.75, 3.05) is 0 Å². The van der Waals surface area contributed by atoms with Gasteiger partial charge in [0.2, 0.25) is 0 Å². The molecular weight excluding hydrogens is 236 g/mol. The summed E-state index contributed by atoms with van der Waals surface area (Å²) in [7, 11) is 0. The van der Waals surface area contributed by atoms with Crippen molar-refractivity contribution in [3.63, 3.8) is 0 Å². The number of hydrogen-bond acceptors (Lipinski definition) is 2. The monoisotopic (exact) mass is 254 g/mol. The van der Waals surface area contributed by atoms with Crippen LogP contribution in [0.15, 0.2) is 42.2 Å². The van der Waals surface area contributed by atoms with Gasteiger partial charge in [-0.1, -0.05) is 24.6 Å². The quantitative estimate of drug-likeness (QED) is 0.840. The molecule has 0 fully saturated rings. The van der Waals surface area contributed by atoms with E-state index >= 15 is 0 Å². The van der Waals surface area contributed by atoms with Crippen LogP contribution in [-0.2, 0) is 11.3 Å². The van der Waals surface area contributed by atoms with E-state index in [1.807, 2.05) is 28.8 Å². The molecule has 0 unspecified atom stereocenters. The van der Waals surface area contributed by atoms with Gasteiger partial charge in [-0.05, 0) is 43.4 Å². The van der Waals surface area contributed by atoms with E-state index in [9.17, 15) is 4.79 Å². The average molecular weight is 254 g/mol. The Labute approximate surface area is 113 Å². The van der Waals surface area contributed by atoms with Crippen molar-refractivity contribution in [3.8, 4) is 0 Å². The first kappa shape index (κ1) is 12.2. The molecule has 1 aromatic heterocycles. The molecule has 1 aromatic carbocycles. The van der Waals surface area contributed by atoms with Gasteiger partial charge in [0, 0.05) is 0 Å². The third-order valence-electron chi connectivity index (χ3n) is 3.74. The van der Waals surface area contributed by atoms with Gasteiger partial charge in [0.25, 0.3) is 0 Å². The lowest BCUT2D eigenvalue weighted by Gasteiger charge is -2.06. The Morgan fingerprint density at radius 2 is 2.11 bits per heavy atom. The minimum Gasteiger partial charge on any atom is -0.323 e. The molecule has 0 atom stereocenters. The summed E-state index contributed by atoms with van der Waals surface area (Å²) in [6.45, 7) is 0.409. The lowest BCUT2D eigenvalue weighted by molar-refractivity contribution is -0.116. The second-order valence-electron chi connectivity index (χ2n) is 5.11. The van der Waals surface area contributed by atoms with Crippen molar-refractivity contribution in [1.29, 1.82) is 0 Å². The molecule has 0 N–H and O–H groups in total. The third-order valence-corrected chi connectivity index (χ3v) is 3.74. The number of hydrogen-bond donors (Lipinski definition) is 0. The van der Waals surface area contributed by atoms with E-state index in [1.54, 1.807) is 6.33 Å². The lowest BCUT2D eigenvalue weighted by atomic mass is 10.1. The van der Waals surface area contributed by atoms with Gasteiger partial charge < -0.3 is 4.57 Å². The molecule has 0 saturated heterocycles. The highest BCUT2D eigenvalue weighted by molar-refractivity contribution is 5.95. The molecule has 0 bridgehead atoms. The normalized spacial score (nSPS) is 16.1. The number of aromatic nitrogens is 2. The Morgan fingerprint density at radius 3 is 3.05 bits per heavy atom. The number of nitrogens with zero attached hydrogens (tertiary/aromatic N) is 2. The van der Waals surface area contributed by atoms with Crippen molar-refractivity contribution < 1.29 is 4.79 Å². The Morgan fingerprint density at radius 1 is 1.21 bits per heavy atom. The summed E-state index contributed by atoms with van der Waals surface area (Å²) in [5, 5.41) is 0. The van der Waals surface area contributed by atoms with Crippen LogP contribution in [0.25, 0.3) is 11.0 Å². The lowest BCUT2D eigenvalue weighted by Crippen LogP contribution is -2.11. The third kappa shape index (κ3) is 2.60. The fraction of sp³-hybridized carbons (Fsp3) is 0.375. The van der Waals surface area contributed by atoms with Gasteiger partial charge >= 0.3 is 0 Å². The van der Waals surface area contributed by atoms with E-state index in [4.69, 9.17) is 0 Å². The van der Waals surface area contributed by atoms with Gasteiger partial charge in [0.1, 0.15) is 0 Å². The van der Waals surface area contributed by atoms with Crippen LogP contribution in [0.1, 0.15) is 32.1 Å². The van der Waals surface area contributed by atoms with Crippen molar-refractivity contribution in [2.45, 2.75) is 38.6 Å². The molecule has 0 spiro atoms. The topological polar surface area (TPSA) is 34.9 Å². The van der Waals surface area contributed by atoms with Gasteiger partial charge in [0.15, 0.2) is 5.78 Å². The predicted molar refractivity (Wildman–Crippen MR) is 75.9 cm³/mol. The summed E-state index contributed by atoms with van der Waals surface area (Å²) in [5.41, 5.74) is 2.99. The average Bonchev–Trinajstić information content (AvgIpc) is 2.66. The van der Waals surface area contributed by atoms with Crippen LogP contribution in [0.2, 0.25) is 0 Å². The molecule has 0 amide bonds. The summed E-state index contributed by atoms with van der Waals surface area (Å²) >= 11 is 0. The zero-order chi connectivity index (χ0) is 13.1. The van der Waals surface area contributed by atoms with Crippen LogP contribution in [0.5, 0.6) is 0 Å². The van der Waals surface area contributed by atoms with Crippen molar-refractivity contribution in [2.24, 2.45) is 0 Å². The molecule has 0 saturated carbocycles. The van der Waals surface area contributed by atoms with Gasteiger partial charge in [-0.15, -0.1) is 0 Å². The Kier molecular flexibility index (Phi) is 3.45. The molecule has 1 aliphatic carbocycles. The van der Waals surface area contributed by atoms with Crippen LogP contribution < -0.4 is 0 Å². The molecule has 0 aliphatic heterocycles. The summed E-state index contributed by atoms with van der Waals surface area (Å²) in [4.78, 5) is 16.7. The first-order valence-electron chi connectivity index (χ1n) is 6.97. The molecule has 3 rings (SSSR count). The standard InChI is InChI=1S/C16H18N2O/c19-16(13-7-3-1-2-4-8-13)11-18-12-17-14-9-5-6-10-15(14)18/h5-7,9-10,12H,1-4,8,11H2. The molecule has 2 aromatic rings. The number of carbonyl (C=O) groups is 1. The van der Waals surface area contributed by atoms with Crippen LogP contribution in [-0.4, -0.2) is 15.3 Å². The fourth-order valence-electron chi connectivity index (χ4n) is 2.66. The van der Waals surface area contributed by atoms with Crippen LogP contribution in [0.4, 0.5) is 0 Å². The van der Waals surface area contributed by atoms with Crippen molar-refractivity contribution >= 4 is 16.8 Å². The van der Waals surface area contributed by atoms with Gasteiger partial charge in [-0.3, -0.25) is 4.79 Å². The molecule has 19 heavy (non-hydrogen) atoms. The molecule has 1 aliphatic rings. The molecule has 98 valence electrons. The summed E-state index contributed by atoms with van der Waals surface area (Å²) < 4.78 is 1.95. The molecule has 3 heteroatoms. The number of fused-ring (bicyclic) bond motifs is 1. The highest BCUT2D eigenvalue weighted by atomic mass is 16.1. The van der Waals surface area contributed by atoms with Gasteiger partial charge in [-0.25, -0.2) is 4.98 Å². The molecular formula is C16H18N2O. The van der Waals surface area contributed by atoms with Gasteiger partial charge in [-0.2, -0.15) is 0 Å². The second kappa shape index (κ2) is 5.39. The summed E-state index contributed by atoms with van der Waals surface area (Å²) in [6.07, 6.45) is 9.47. The minimum absolute atomic E-state index is 0.241. The second-order valence-corrected chi connectivity index (χ2v) is 5.11. The Bertz CT molecular complexity index is 624. The Hall–Kier alpha value is -1.90. The van der Waals surface area contributed by atoms with E-state index in [1.165, 1.54) is 12.8 Å². The van der Waals surface area contributed by atoms with E-state index in [0.29, 0.717) is 6.54 Å². The zero-order valence-corrected chi connectivity index (χ0v) is 11.0. The number of Topliss-reactive ketones (excluding diaryl/α,β-unsaturated/α-hetero) is 1. The number of allylic oxidation sites excluding steroid dienone is 2. The Balaban J connectivity index is 1.80. The van der Waals surface area contributed by atoms with Gasteiger partial charge in [0.05, 0.1) is 23.9 Å².